The van der Waals surface area contributed by atoms with E-state index in [0.29, 0.717) is 0 Å². The molecule has 0 aromatic carbocycles. The van der Waals surface area contributed by atoms with Crippen molar-refractivity contribution in [3.63, 3.8) is 0 Å². The molecular weight excluding hydrogens is 204 g/mol. The van der Waals surface area contributed by atoms with Crippen LogP contribution in [0.4, 0.5) is 0 Å². The van der Waals surface area contributed by atoms with Crippen molar-refractivity contribution in [3.8, 4) is 0 Å². The van der Waals surface area contributed by atoms with Gasteiger partial charge in [-0.05, 0) is 38.5 Å². The van der Waals surface area contributed by atoms with Crippen LogP contribution in [0.15, 0.2) is 6.20 Å². The standard InChI is InChI=1S/C12H20N2S/c1-9-3-4-11(7-9)13-6-5-12-8-14-10(2)15-12/h8-9,11,13H,3-7H2,1-2H3. The summed E-state index contributed by atoms with van der Waals surface area (Å²) in [6, 6.07) is 0.772. The molecule has 2 atom stereocenters. The lowest BCUT2D eigenvalue weighted by atomic mass is 10.1. The third-order valence-corrected chi connectivity index (χ3v) is 4.14. The molecule has 15 heavy (non-hydrogen) atoms. The van der Waals surface area contributed by atoms with Crippen molar-refractivity contribution in [1.29, 1.82) is 0 Å². The predicted octanol–water partition coefficient (Wildman–Crippen LogP) is 2.77. The molecular formula is C12H20N2S. The van der Waals surface area contributed by atoms with Crippen LogP contribution >= 0.6 is 11.3 Å². The molecule has 1 aliphatic carbocycles. The summed E-state index contributed by atoms with van der Waals surface area (Å²) in [7, 11) is 0. The Morgan fingerprint density at radius 3 is 3.00 bits per heavy atom. The molecule has 0 bridgehead atoms. The van der Waals surface area contributed by atoms with Gasteiger partial charge >= 0.3 is 0 Å². The summed E-state index contributed by atoms with van der Waals surface area (Å²) in [5.74, 6) is 0.924. The van der Waals surface area contributed by atoms with Gasteiger partial charge in [0.05, 0.1) is 5.01 Å². The molecule has 1 aromatic heterocycles. The minimum absolute atomic E-state index is 0.772. The van der Waals surface area contributed by atoms with Crippen molar-refractivity contribution in [3.05, 3.63) is 16.1 Å². The van der Waals surface area contributed by atoms with Crippen LogP contribution in [0.5, 0.6) is 0 Å². The van der Waals surface area contributed by atoms with Gasteiger partial charge in [0.15, 0.2) is 0 Å². The Hall–Kier alpha value is -0.410. The summed E-state index contributed by atoms with van der Waals surface area (Å²) in [6.07, 6.45) is 7.28. The predicted molar refractivity (Wildman–Crippen MR) is 65.4 cm³/mol. The highest BCUT2D eigenvalue weighted by Crippen LogP contribution is 2.24. The molecule has 2 rings (SSSR count). The molecule has 0 radical (unpaired) electrons. The molecule has 1 N–H and O–H groups in total. The molecule has 0 spiro atoms. The molecule has 3 heteroatoms. The summed E-state index contributed by atoms with van der Waals surface area (Å²) in [6.45, 7) is 5.54. The average molecular weight is 224 g/mol. The van der Waals surface area contributed by atoms with Crippen LogP contribution in [-0.2, 0) is 6.42 Å². The van der Waals surface area contributed by atoms with E-state index in [4.69, 9.17) is 0 Å². The van der Waals surface area contributed by atoms with E-state index in [0.717, 1.165) is 24.9 Å². The highest BCUT2D eigenvalue weighted by atomic mass is 32.1. The minimum Gasteiger partial charge on any atom is -0.314 e. The minimum atomic E-state index is 0.772. The zero-order chi connectivity index (χ0) is 10.7. The first-order valence-electron chi connectivity index (χ1n) is 5.88. The fourth-order valence-corrected chi connectivity index (χ4v) is 3.11. The van der Waals surface area contributed by atoms with Gasteiger partial charge < -0.3 is 5.32 Å². The van der Waals surface area contributed by atoms with Crippen LogP contribution < -0.4 is 5.32 Å². The molecule has 0 aliphatic heterocycles. The summed E-state index contributed by atoms with van der Waals surface area (Å²) < 4.78 is 0. The topological polar surface area (TPSA) is 24.9 Å². The maximum atomic E-state index is 4.27. The highest BCUT2D eigenvalue weighted by molar-refractivity contribution is 7.11. The first-order valence-corrected chi connectivity index (χ1v) is 6.70. The second kappa shape index (κ2) is 5.08. The Morgan fingerprint density at radius 1 is 1.53 bits per heavy atom. The van der Waals surface area contributed by atoms with Crippen LogP contribution in [-0.4, -0.2) is 17.6 Å². The second-order valence-corrected chi connectivity index (χ2v) is 5.98. The van der Waals surface area contributed by atoms with Crippen molar-refractivity contribution in [2.75, 3.05) is 6.54 Å². The number of aromatic nitrogens is 1. The zero-order valence-corrected chi connectivity index (χ0v) is 10.4. The third kappa shape index (κ3) is 3.28. The zero-order valence-electron chi connectivity index (χ0n) is 9.62. The summed E-state index contributed by atoms with van der Waals surface area (Å²) in [5, 5.41) is 4.83. The number of rotatable bonds is 4. The quantitative estimate of drug-likeness (QED) is 0.850. The molecule has 2 unspecified atom stereocenters. The van der Waals surface area contributed by atoms with Gasteiger partial charge in [0, 0.05) is 23.7 Å². The first kappa shape index (κ1) is 11.1. The van der Waals surface area contributed by atoms with Crippen molar-refractivity contribution in [2.24, 2.45) is 5.92 Å². The number of aryl methyl sites for hydroxylation is 1. The lowest BCUT2D eigenvalue weighted by Gasteiger charge is -2.11. The second-order valence-electron chi connectivity index (χ2n) is 4.66. The van der Waals surface area contributed by atoms with Crippen molar-refractivity contribution < 1.29 is 0 Å². The van der Waals surface area contributed by atoms with Gasteiger partial charge in [0.2, 0.25) is 0 Å². The molecule has 1 fully saturated rings. The maximum absolute atomic E-state index is 4.27. The number of nitrogens with one attached hydrogen (secondary N) is 1. The summed E-state index contributed by atoms with van der Waals surface area (Å²) in [5.41, 5.74) is 0. The Bertz CT molecular complexity index is 308. The van der Waals surface area contributed by atoms with Crippen LogP contribution in [0.25, 0.3) is 0 Å². The van der Waals surface area contributed by atoms with E-state index in [2.05, 4.69) is 24.1 Å². The Labute approximate surface area is 96.1 Å². The monoisotopic (exact) mass is 224 g/mol. The van der Waals surface area contributed by atoms with E-state index in [-0.39, 0.29) is 0 Å². The number of thiazole rings is 1. The number of nitrogens with zero attached hydrogens (tertiary/aromatic N) is 1. The number of hydrogen-bond acceptors (Lipinski definition) is 3. The van der Waals surface area contributed by atoms with Crippen LogP contribution in [0.2, 0.25) is 0 Å². The summed E-state index contributed by atoms with van der Waals surface area (Å²) in [4.78, 5) is 5.68. The Kier molecular flexibility index (Phi) is 3.76. The normalized spacial score (nSPS) is 26.0. The summed E-state index contributed by atoms with van der Waals surface area (Å²) >= 11 is 1.82. The Balaban J connectivity index is 1.67. The number of hydrogen-bond donors (Lipinski definition) is 1. The van der Waals surface area contributed by atoms with E-state index in [1.807, 2.05) is 17.5 Å². The Morgan fingerprint density at radius 2 is 2.40 bits per heavy atom. The van der Waals surface area contributed by atoms with Gasteiger partial charge in [0.1, 0.15) is 0 Å². The molecule has 1 aromatic rings. The molecule has 1 saturated carbocycles. The van der Waals surface area contributed by atoms with E-state index in [1.54, 1.807) is 0 Å². The van der Waals surface area contributed by atoms with E-state index >= 15 is 0 Å². The molecule has 2 nitrogen and oxygen atoms in total. The smallest absolute Gasteiger partial charge is 0.0896 e. The van der Waals surface area contributed by atoms with Gasteiger partial charge in [-0.1, -0.05) is 6.92 Å². The van der Waals surface area contributed by atoms with E-state index in [1.165, 1.54) is 29.1 Å². The largest absolute Gasteiger partial charge is 0.314 e. The van der Waals surface area contributed by atoms with Gasteiger partial charge in [-0.2, -0.15) is 0 Å². The lowest BCUT2D eigenvalue weighted by Crippen LogP contribution is -2.28. The van der Waals surface area contributed by atoms with Crippen LogP contribution in [0.1, 0.15) is 36.1 Å². The van der Waals surface area contributed by atoms with Gasteiger partial charge in [-0.25, -0.2) is 4.98 Å². The van der Waals surface area contributed by atoms with Gasteiger partial charge in [0.25, 0.3) is 0 Å². The maximum Gasteiger partial charge on any atom is 0.0896 e. The molecule has 0 amide bonds. The fourth-order valence-electron chi connectivity index (χ4n) is 2.31. The average Bonchev–Trinajstić information content (AvgIpc) is 2.76. The van der Waals surface area contributed by atoms with Crippen molar-refractivity contribution in [1.82, 2.24) is 10.3 Å². The van der Waals surface area contributed by atoms with Crippen LogP contribution in [0.3, 0.4) is 0 Å². The SMILES string of the molecule is Cc1ncc(CCNC2CCC(C)C2)s1. The van der Waals surface area contributed by atoms with E-state index < -0.39 is 0 Å². The van der Waals surface area contributed by atoms with E-state index in [9.17, 15) is 0 Å². The molecule has 84 valence electrons. The molecule has 1 aliphatic rings. The molecule has 1 heterocycles. The third-order valence-electron chi connectivity index (χ3n) is 3.17. The van der Waals surface area contributed by atoms with Gasteiger partial charge in [-0.15, -0.1) is 11.3 Å². The first-order chi connectivity index (χ1) is 7.24. The highest BCUT2D eigenvalue weighted by Gasteiger charge is 2.20. The lowest BCUT2D eigenvalue weighted by molar-refractivity contribution is 0.506. The van der Waals surface area contributed by atoms with Crippen molar-refractivity contribution >= 4 is 11.3 Å². The van der Waals surface area contributed by atoms with Crippen LogP contribution in [0, 0.1) is 12.8 Å². The fraction of sp³-hybridized carbons (Fsp3) is 0.750. The molecule has 0 saturated heterocycles. The van der Waals surface area contributed by atoms with Gasteiger partial charge in [-0.3, -0.25) is 0 Å². The van der Waals surface area contributed by atoms with Crippen molar-refractivity contribution in [2.45, 2.75) is 45.6 Å².